The lowest BCUT2D eigenvalue weighted by molar-refractivity contribution is 0.0692. The van der Waals surface area contributed by atoms with Crippen LogP contribution in [0.1, 0.15) is 30.6 Å². The van der Waals surface area contributed by atoms with E-state index >= 15 is 0 Å². The van der Waals surface area contributed by atoms with E-state index in [9.17, 15) is 14.0 Å². The topological polar surface area (TPSA) is 78.4 Å². The second kappa shape index (κ2) is 5.11. The van der Waals surface area contributed by atoms with Crippen LogP contribution >= 0.6 is 0 Å². The van der Waals surface area contributed by atoms with Crippen LogP contribution in [0.25, 0.3) is 0 Å². The van der Waals surface area contributed by atoms with Gasteiger partial charge in [-0.3, -0.25) is 0 Å². The van der Waals surface area contributed by atoms with Crippen LogP contribution in [0.15, 0.2) is 18.2 Å². The highest BCUT2D eigenvalue weighted by molar-refractivity contribution is 5.91. The molecule has 0 heterocycles. The van der Waals surface area contributed by atoms with Crippen LogP contribution in [0.4, 0.5) is 14.9 Å². The maximum absolute atomic E-state index is 13.4. The number of carboxylic acids is 1. The third kappa shape index (κ3) is 3.26. The third-order valence-corrected chi connectivity index (χ3v) is 3.68. The molecule has 0 radical (unpaired) electrons. The van der Waals surface area contributed by atoms with Crippen LogP contribution in [0.2, 0.25) is 0 Å². The van der Waals surface area contributed by atoms with Crippen LogP contribution in [0.3, 0.4) is 0 Å². The van der Waals surface area contributed by atoms with Crippen molar-refractivity contribution in [2.75, 3.05) is 11.9 Å². The molecular weight excluding hydrogens is 263 g/mol. The predicted octanol–water partition coefficient (Wildman–Crippen LogP) is 2.69. The summed E-state index contributed by atoms with van der Waals surface area (Å²) in [5.74, 6) is -1.74. The molecule has 3 N–H and O–H groups in total. The summed E-state index contributed by atoms with van der Waals surface area (Å²) in [5.41, 5.74) is 0.0819. The third-order valence-electron chi connectivity index (χ3n) is 3.68. The molecule has 5 nitrogen and oxygen atoms in total. The SMILES string of the molecule is CC1(C)CC1CNC(=O)Nc1ccc(C(=O)O)c(F)c1. The van der Waals surface area contributed by atoms with Crippen molar-refractivity contribution in [3.8, 4) is 0 Å². The fraction of sp³-hybridized carbons (Fsp3) is 0.429. The average Bonchev–Trinajstić information content (AvgIpc) is 2.94. The highest BCUT2D eigenvalue weighted by Gasteiger charge is 2.45. The Kier molecular flexibility index (Phi) is 3.65. The lowest BCUT2D eigenvalue weighted by atomic mass is 10.1. The predicted molar refractivity (Wildman–Crippen MR) is 72.3 cm³/mol. The van der Waals surface area contributed by atoms with Gasteiger partial charge in [-0.15, -0.1) is 0 Å². The Labute approximate surface area is 116 Å². The van der Waals surface area contributed by atoms with Crippen molar-refractivity contribution in [2.24, 2.45) is 11.3 Å². The summed E-state index contributed by atoms with van der Waals surface area (Å²) in [6.45, 7) is 4.85. The monoisotopic (exact) mass is 280 g/mol. The highest BCUT2D eigenvalue weighted by atomic mass is 19.1. The molecule has 1 unspecified atom stereocenters. The van der Waals surface area contributed by atoms with Gasteiger partial charge in [0.15, 0.2) is 0 Å². The first-order valence-electron chi connectivity index (χ1n) is 6.37. The Morgan fingerprint density at radius 2 is 2.10 bits per heavy atom. The van der Waals surface area contributed by atoms with Crippen molar-refractivity contribution in [3.63, 3.8) is 0 Å². The number of halogens is 1. The Bertz CT molecular complexity index is 557. The molecule has 20 heavy (non-hydrogen) atoms. The van der Waals surface area contributed by atoms with Gasteiger partial charge in [0.2, 0.25) is 0 Å². The van der Waals surface area contributed by atoms with Crippen molar-refractivity contribution < 1.29 is 19.1 Å². The second-order valence-corrected chi connectivity index (χ2v) is 5.72. The highest BCUT2D eigenvalue weighted by Crippen LogP contribution is 2.50. The number of rotatable bonds is 4. The van der Waals surface area contributed by atoms with Crippen molar-refractivity contribution in [1.82, 2.24) is 5.32 Å². The number of urea groups is 1. The molecule has 0 aromatic heterocycles. The number of hydrogen-bond acceptors (Lipinski definition) is 2. The zero-order chi connectivity index (χ0) is 14.9. The van der Waals surface area contributed by atoms with Crippen molar-refractivity contribution in [1.29, 1.82) is 0 Å². The molecule has 2 rings (SSSR count). The van der Waals surface area contributed by atoms with E-state index in [1.165, 1.54) is 6.07 Å². The van der Waals surface area contributed by atoms with Gasteiger partial charge >= 0.3 is 12.0 Å². The first-order chi connectivity index (χ1) is 9.29. The van der Waals surface area contributed by atoms with Crippen LogP contribution in [0.5, 0.6) is 0 Å². The Morgan fingerprint density at radius 1 is 1.45 bits per heavy atom. The minimum atomic E-state index is -1.34. The van der Waals surface area contributed by atoms with Gasteiger partial charge in [-0.1, -0.05) is 13.8 Å². The molecule has 0 aliphatic heterocycles. The zero-order valence-corrected chi connectivity index (χ0v) is 11.4. The van der Waals surface area contributed by atoms with Crippen LogP contribution in [-0.2, 0) is 0 Å². The van der Waals surface area contributed by atoms with E-state index in [1.807, 2.05) is 0 Å². The fourth-order valence-corrected chi connectivity index (χ4v) is 2.08. The molecule has 1 fully saturated rings. The summed E-state index contributed by atoms with van der Waals surface area (Å²) in [4.78, 5) is 22.3. The number of carboxylic acid groups (broad SMARTS) is 1. The molecule has 6 heteroatoms. The van der Waals surface area contributed by atoms with Crippen molar-refractivity contribution >= 4 is 17.7 Å². The summed E-state index contributed by atoms with van der Waals surface area (Å²) in [5, 5.41) is 13.9. The van der Waals surface area contributed by atoms with Gasteiger partial charge in [0.25, 0.3) is 0 Å². The number of nitrogens with one attached hydrogen (secondary N) is 2. The molecule has 0 saturated heterocycles. The molecule has 1 aromatic rings. The Morgan fingerprint density at radius 3 is 2.60 bits per heavy atom. The van der Waals surface area contributed by atoms with Crippen molar-refractivity contribution in [3.05, 3.63) is 29.6 Å². The summed E-state index contributed by atoms with van der Waals surface area (Å²) in [6, 6.07) is 3.05. The molecule has 2 amide bonds. The van der Waals surface area contributed by atoms with Crippen molar-refractivity contribution in [2.45, 2.75) is 20.3 Å². The summed E-state index contributed by atoms with van der Waals surface area (Å²) < 4.78 is 13.4. The minimum absolute atomic E-state index is 0.222. The summed E-state index contributed by atoms with van der Waals surface area (Å²) in [6.07, 6.45) is 1.08. The van der Waals surface area contributed by atoms with Gasteiger partial charge < -0.3 is 15.7 Å². The van der Waals surface area contributed by atoms with Gasteiger partial charge in [0.05, 0.1) is 5.56 Å². The fourth-order valence-electron chi connectivity index (χ4n) is 2.08. The number of carbonyl (C=O) groups excluding carboxylic acids is 1. The zero-order valence-electron chi connectivity index (χ0n) is 11.4. The van der Waals surface area contributed by atoms with Crippen LogP contribution < -0.4 is 10.6 Å². The lowest BCUT2D eigenvalue weighted by Crippen LogP contribution is -2.31. The number of anilines is 1. The van der Waals surface area contributed by atoms with E-state index in [4.69, 9.17) is 5.11 Å². The first kappa shape index (κ1) is 14.3. The van der Waals surface area contributed by atoms with E-state index in [2.05, 4.69) is 24.5 Å². The summed E-state index contributed by atoms with van der Waals surface area (Å²) in [7, 11) is 0. The second-order valence-electron chi connectivity index (χ2n) is 5.72. The van der Waals surface area contributed by atoms with Crippen LogP contribution in [-0.4, -0.2) is 23.7 Å². The average molecular weight is 280 g/mol. The molecule has 1 atom stereocenters. The number of amides is 2. The lowest BCUT2D eigenvalue weighted by Gasteiger charge is -2.09. The van der Waals surface area contributed by atoms with E-state index < -0.39 is 23.4 Å². The normalized spacial score (nSPS) is 19.2. The van der Waals surface area contributed by atoms with Gasteiger partial charge in [-0.25, -0.2) is 14.0 Å². The minimum Gasteiger partial charge on any atom is -0.478 e. The molecule has 1 saturated carbocycles. The standard InChI is InChI=1S/C14H17FN2O3/c1-14(2)6-8(14)7-16-13(20)17-9-3-4-10(12(18)19)11(15)5-9/h3-5,8H,6-7H2,1-2H3,(H,18,19)(H2,16,17,20). The molecular formula is C14H17FN2O3. The number of hydrogen-bond donors (Lipinski definition) is 3. The Balaban J connectivity index is 1.88. The first-order valence-corrected chi connectivity index (χ1v) is 6.37. The molecule has 1 aromatic carbocycles. The quantitative estimate of drug-likeness (QED) is 0.793. The van der Waals surface area contributed by atoms with Crippen LogP contribution in [0, 0.1) is 17.2 Å². The maximum Gasteiger partial charge on any atom is 0.338 e. The number of carbonyl (C=O) groups is 2. The molecule has 108 valence electrons. The maximum atomic E-state index is 13.4. The molecule has 1 aliphatic carbocycles. The largest absolute Gasteiger partial charge is 0.478 e. The molecule has 0 bridgehead atoms. The molecule has 1 aliphatic rings. The smallest absolute Gasteiger partial charge is 0.338 e. The van der Waals surface area contributed by atoms with Gasteiger partial charge in [0, 0.05) is 12.2 Å². The van der Waals surface area contributed by atoms with Gasteiger partial charge in [-0.05, 0) is 36.0 Å². The van der Waals surface area contributed by atoms with E-state index in [0.717, 1.165) is 18.6 Å². The number of benzene rings is 1. The Hall–Kier alpha value is -2.11. The van der Waals surface area contributed by atoms with E-state index in [1.54, 1.807) is 0 Å². The van der Waals surface area contributed by atoms with E-state index in [-0.39, 0.29) is 11.1 Å². The molecule has 0 spiro atoms. The van der Waals surface area contributed by atoms with Gasteiger partial charge in [0.1, 0.15) is 5.82 Å². The van der Waals surface area contributed by atoms with E-state index in [0.29, 0.717) is 12.5 Å². The summed E-state index contributed by atoms with van der Waals surface area (Å²) >= 11 is 0. The van der Waals surface area contributed by atoms with Gasteiger partial charge in [-0.2, -0.15) is 0 Å². The number of aromatic carboxylic acids is 1.